The predicted octanol–water partition coefficient (Wildman–Crippen LogP) is 4.10. The largest absolute Gasteiger partial charge is 0.320 e. The number of hydrogen-bond acceptors (Lipinski definition) is 2. The lowest BCUT2D eigenvalue weighted by Crippen LogP contribution is -2.10. The van der Waals surface area contributed by atoms with E-state index in [9.17, 15) is 0 Å². The summed E-state index contributed by atoms with van der Waals surface area (Å²) >= 11 is 13.5. The van der Waals surface area contributed by atoms with Crippen molar-refractivity contribution in [2.24, 2.45) is 5.73 Å². The molecule has 1 atom stereocenters. The highest BCUT2D eigenvalue weighted by Gasteiger charge is 2.13. The van der Waals surface area contributed by atoms with E-state index in [1.807, 2.05) is 23.6 Å². The minimum absolute atomic E-state index is 0.172. The molecule has 0 saturated heterocycles. The van der Waals surface area contributed by atoms with Gasteiger partial charge in [0.25, 0.3) is 0 Å². The Morgan fingerprint density at radius 2 is 2.00 bits per heavy atom. The van der Waals surface area contributed by atoms with Crippen LogP contribution in [-0.4, -0.2) is 0 Å². The van der Waals surface area contributed by atoms with E-state index in [0.29, 0.717) is 10.0 Å². The lowest BCUT2D eigenvalue weighted by atomic mass is 10.1. The van der Waals surface area contributed by atoms with Crippen molar-refractivity contribution in [3.05, 3.63) is 56.2 Å². The van der Waals surface area contributed by atoms with Crippen LogP contribution in [0.4, 0.5) is 0 Å². The zero-order valence-corrected chi connectivity index (χ0v) is 10.1. The van der Waals surface area contributed by atoms with E-state index in [1.54, 1.807) is 23.5 Å². The molecule has 0 bridgehead atoms. The quantitative estimate of drug-likeness (QED) is 0.862. The van der Waals surface area contributed by atoms with Crippen LogP contribution in [0, 0.1) is 0 Å². The summed E-state index contributed by atoms with van der Waals surface area (Å²) in [6.45, 7) is 0. The lowest BCUT2D eigenvalue weighted by Gasteiger charge is -2.11. The average molecular weight is 258 g/mol. The molecule has 4 heteroatoms. The molecule has 78 valence electrons. The third kappa shape index (κ3) is 2.34. The summed E-state index contributed by atoms with van der Waals surface area (Å²) in [5.41, 5.74) is 7.00. The molecule has 1 aromatic carbocycles. The maximum atomic E-state index is 6.09. The lowest BCUT2D eigenvalue weighted by molar-refractivity contribution is 0.894. The van der Waals surface area contributed by atoms with Crippen molar-refractivity contribution < 1.29 is 0 Å². The Bertz CT molecular complexity index is 454. The van der Waals surface area contributed by atoms with E-state index in [2.05, 4.69) is 0 Å². The van der Waals surface area contributed by atoms with Crippen LogP contribution >= 0.6 is 34.5 Å². The van der Waals surface area contributed by atoms with E-state index in [-0.39, 0.29) is 6.04 Å². The van der Waals surface area contributed by atoms with Gasteiger partial charge >= 0.3 is 0 Å². The maximum absolute atomic E-state index is 6.09. The van der Waals surface area contributed by atoms with Gasteiger partial charge in [0.05, 0.1) is 6.04 Å². The summed E-state index contributed by atoms with van der Waals surface area (Å²) in [4.78, 5) is 1.10. The van der Waals surface area contributed by atoms with Gasteiger partial charge < -0.3 is 5.73 Å². The summed E-state index contributed by atoms with van der Waals surface area (Å²) in [5.74, 6) is 0. The topological polar surface area (TPSA) is 26.0 Å². The molecule has 0 aliphatic carbocycles. The van der Waals surface area contributed by atoms with Crippen molar-refractivity contribution in [1.29, 1.82) is 0 Å². The smallest absolute Gasteiger partial charge is 0.0660 e. The van der Waals surface area contributed by atoms with Gasteiger partial charge in [-0.25, -0.2) is 0 Å². The first-order valence-corrected chi connectivity index (χ1v) is 6.06. The molecule has 1 nitrogen and oxygen atoms in total. The number of thiophene rings is 1. The molecular weight excluding hydrogens is 249 g/mol. The average Bonchev–Trinajstić information content (AvgIpc) is 2.69. The normalized spacial score (nSPS) is 12.7. The van der Waals surface area contributed by atoms with Crippen LogP contribution in [0.1, 0.15) is 16.5 Å². The molecule has 0 radical (unpaired) electrons. The van der Waals surface area contributed by atoms with Gasteiger partial charge in [-0.3, -0.25) is 0 Å². The monoisotopic (exact) mass is 257 g/mol. The first kappa shape index (κ1) is 11.0. The second-order valence-electron chi connectivity index (χ2n) is 3.16. The Labute approximate surface area is 102 Å². The van der Waals surface area contributed by atoms with Crippen molar-refractivity contribution in [2.75, 3.05) is 0 Å². The first-order valence-electron chi connectivity index (χ1n) is 4.42. The highest BCUT2D eigenvalue weighted by atomic mass is 35.5. The van der Waals surface area contributed by atoms with E-state index < -0.39 is 0 Å². The van der Waals surface area contributed by atoms with Crippen LogP contribution < -0.4 is 5.73 Å². The van der Waals surface area contributed by atoms with Gasteiger partial charge in [0.1, 0.15) is 0 Å². The van der Waals surface area contributed by atoms with Crippen molar-refractivity contribution >= 4 is 34.5 Å². The van der Waals surface area contributed by atoms with Crippen LogP contribution in [0.3, 0.4) is 0 Å². The van der Waals surface area contributed by atoms with Gasteiger partial charge in [0.2, 0.25) is 0 Å². The SMILES string of the molecule is NC(c1cccs1)c1ccc(Cl)cc1Cl. The van der Waals surface area contributed by atoms with Crippen LogP contribution in [0.2, 0.25) is 10.0 Å². The number of benzene rings is 1. The molecule has 1 heterocycles. The van der Waals surface area contributed by atoms with Crippen LogP contribution in [0.15, 0.2) is 35.7 Å². The predicted molar refractivity (Wildman–Crippen MR) is 66.8 cm³/mol. The third-order valence-electron chi connectivity index (χ3n) is 2.15. The van der Waals surface area contributed by atoms with Gasteiger partial charge in [0, 0.05) is 14.9 Å². The minimum Gasteiger partial charge on any atom is -0.320 e. The molecule has 0 aliphatic heterocycles. The number of rotatable bonds is 2. The first-order chi connectivity index (χ1) is 7.18. The molecule has 1 aromatic heterocycles. The fourth-order valence-electron chi connectivity index (χ4n) is 1.38. The Morgan fingerprint density at radius 3 is 2.60 bits per heavy atom. The highest BCUT2D eigenvalue weighted by molar-refractivity contribution is 7.10. The molecular formula is C11H9Cl2NS. The molecule has 15 heavy (non-hydrogen) atoms. The fraction of sp³-hybridized carbons (Fsp3) is 0.0909. The second kappa shape index (κ2) is 4.54. The number of hydrogen-bond donors (Lipinski definition) is 1. The van der Waals surface area contributed by atoms with Crippen LogP contribution in [0.25, 0.3) is 0 Å². The number of halogens is 2. The zero-order valence-electron chi connectivity index (χ0n) is 7.78. The zero-order chi connectivity index (χ0) is 10.8. The van der Waals surface area contributed by atoms with E-state index in [0.717, 1.165) is 10.4 Å². The van der Waals surface area contributed by atoms with Gasteiger partial charge in [0.15, 0.2) is 0 Å². The minimum atomic E-state index is -0.172. The molecule has 2 rings (SSSR count). The van der Waals surface area contributed by atoms with Crippen LogP contribution in [-0.2, 0) is 0 Å². The van der Waals surface area contributed by atoms with Crippen molar-refractivity contribution in [2.45, 2.75) is 6.04 Å². The molecule has 2 N–H and O–H groups in total. The molecule has 2 aromatic rings. The summed E-state index contributed by atoms with van der Waals surface area (Å²) in [5, 5.41) is 3.24. The van der Waals surface area contributed by atoms with Crippen molar-refractivity contribution in [3.63, 3.8) is 0 Å². The molecule has 0 fully saturated rings. The van der Waals surface area contributed by atoms with E-state index >= 15 is 0 Å². The summed E-state index contributed by atoms with van der Waals surface area (Å²) < 4.78 is 0. The second-order valence-corrected chi connectivity index (χ2v) is 4.98. The van der Waals surface area contributed by atoms with Gasteiger partial charge in [-0.05, 0) is 29.1 Å². The van der Waals surface area contributed by atoms with E-state index in [4.69, 9.17) is 28.9 Å². The standard InChI is InChI=1S/C11H9Cl2NS/c12-7-3-4-8(9(13)6-7)11(14)10-2-1-5-15-10/h1-6,11H,14H2. The van der Waals surface area contributed by atoms with Gasteiger partial charge in [-0.15, -0.1) is 11.3 Å². The van der Waals surface area contributed by atoms with Crippen molar-refractivity contribution in [1.82, 2.24) is 0 Å². The molecule has 0 amide bonds. The van der Waals surface area contributed by atoms with Crippen molar-refractivity contribution in [3.8, 4) is 0 Å². The Balaban J connectivity index is 2.38. The summed E-state index contributed by atoms with van der Waals surface area (Å²) in [7, 11) is 0. The molecule has 0 saturated carbocycles. The van der Waals surface area contributed by atoms with E-state index in [1.165, 1.54) is 0 Å². The van der Waals surface area contributed by atoms with Gasteiger partial charge in [-0.2, -0.15) is 0 Å². The molecule has 0 spiro atoms. The van der Waals surface area contributed by atoms with Crippen LogP contribution in [0.5, 0.6) is 0 Å². The maximum Gasteiger partial charge on any atom is 0.0660 e. The Kier molecular flexibility index (Phi) is 3.32. The Hall–Kier alpha value is -0.540. The highest BCUT2D eigenvalue weighted by Crippen LogP contribution is 2.30. The molecule has 0 aliphatic rings. The number of nitrogens with two attached hydrogens (primary N) is 1. The molecule has 1 unspecified atom stereocenters. The third-order valence-corrected chi connectivity index (χ3v) is 3.67. The van der Waals surface area contributed by atoms with Gasteiger partial charge in [-0.1, -0.05) is 35.3 Å². The summed E-state index contributed by atoms with van der Waals surface area (Å²) in [6.07, 6.45) is 0. The summed E-state index contributed by atoms with van der Waals surface area (Å²) in [6, 6.07) is 9.19. The fourth-order valence-corrected chi connectivity index (χ4v) is 2.65. The Morgan fingerprint density at radius 1 is 1.20 bits per heavy atom.